The maximum absolute atomic E-state index is 12.0. The summed E-state index contributed by atoms with van der Waals surface area (Å²) >= 11 is 0. The molecule has 5 heteroatoms. The fraction of sp³-hybridized carbons (Fsp3) is 0.190. The molecule has 0 bridgehead atoms. The third-order valence-electron chi connectivity index (χ3n) is 4.30. The van der Waals surface area contributed by atoms with Gasteiger partial charge in [-0.25, -0.2) is 4.79 Å². The Labute approximate surface area is 152 Å². The summed E-state index contributed by atoms with van der Waals surface area (Å²) in [5.41, 5.74) is 2.21. The summed E-state index contributed by atoms with van der Waals surface area (Å²) in [4.78, 5) is 13.7. The zero-order chi connectivity index (χ0) is 17.8. The predicted molar refractivity (Wildman–Crippen MR) is 97.9 cm³/mol. The fourth-order valence-electron chi connectivity index (χ4n) is 2.91. The monoisotopic (exact) mass is 349 g/mol. The number of amides is 1. The zero-order valence-corrected chi connectivity index (χ0v) is 14.3. The maximum Gasteiger partial charge on any atom is 0.415 e. The van der Waals surface area contributed by atoms with Crippen LogP contribution < -0.4 is 9.47 Å². The molecule has 1 saturated heterocycles. The molecule has 2 aliphatic rings. The molecule has 1 amide bonds. The van der Waals surface area contributed by atoms with Crippen LogP contribution in [-0.4, -0.2) is 30.9 Å². The van der Waals surface area contributed by atoms with Gasteiger partial charge in [0.2, 0.25) is 6.79 Å². The molecule has 0 atom stereocenters. The van der Waals surface area contributed by atoms with E-state index in [2.05, 4.69) is 0 Å². The Hall–Kier alpha value is -3.21. The quantitative estimate of drug-likeness (QED) is 0.818. The lowest BCUT2D eigenvalue weighted by atomic mass is 10.1. The van der Waals surface area contributed by atoms with Crippen LogP contribution in [-0.2, 0) is 11.2 Å². The molecule has 0 unspecified atom stereocenters. The van der Waals surface area contributed by atoms with Crippen LogP contribution in [0.25, 0.3) is 6.08 Å². The number of fused-ring (bicyclic) bond motifs is 1. The van der Waals surface area contributed by atoms with E-state index in [1.165, 1.54) is 0 Å². The molecule has 0 saturated carbocycles. The lowest BCUT2D eigenvalue weighted by molar-refractivity contribution is 0.169. The lowest BCUT2D eigenvalue weighted by Crippen LogP contribution is -2.26. The number of benzene rings is 2. The molecule has 2 heterocycles. The maximum atomic E-state index is 12.0. The molecule has 132 valence electrons. The van der Waals surface area contributed by atoms with Gasteiger partial charge in [0.05, 0.1) is 6.54 Å². The summed E-state index contributed by atoms with van der Waals surface area (Å²) in [5, 5.41) is 0. The van der Waals surface area contributed by atoms with Gasteiger partial charge >= 0.3 is 6.09 Å². The summed E-state index contributed by atoms with van der Waals surface area (Å²) in [6.45, 7) is 1.35. The van der Waals surface area contributed by atoms with E-state index in [4.69, 9.17) is 14.2 Å². The smallest absolute Gasteiger partial charge is 0.415 e. The van der Waals surface area contributed by atoms with Crippen molar-refractivity contribution < 1.29 is 19.0 Å². The highest BCUT2D eigenvalue weighted by Gasteiger charge is 2.26. The van der Waals surface area contributed by atoms with Crippen molar-refractivity contribution in [2.75, 3.05) is 19.9 Å². The molecule has 0 aliphatic carbocycles. The Balaban J connectivity index is 1.33. The number of carbonyl (C=O) groups excluding carboxylic acids is 1. The first-order valence-corrected chi connectivity index (χ1v) is 8.55. The summed E-state index contributed by atoms with van der Waals surface area (Å²) in [5.74, 6) is 2.19. The average Bonchev–Trinajstić information content (AvgIpc) is 3.26. The number of nitrogens with zero attached hydrogens (tertiary/aromatic N) is 1. The highest BCUT2D eigenvalue weighted by molar-refractivity contribution is 5.72. The molecule has 0 radical (unpaired) electrons. The molecule has 0 N–H and O–H groups in total. The highest BCUT2D eigenvalue weighted by Crippen LogP contribution is 2.32. The molecule has 2 aromatic rings. The van der Waals surface area contributed by atoms with Gasteiger partial charge in [-0.2, -0.15) is 0 Å². The first kappa shape index (κ1) is 16.3. The number of allylic oxidation sites excluding steroid dienone is 2. The number of cyclic esters (lactones) is 1. The number of rotatable bonds is 5. The number of carbonyl (C=O) groups is 1. The number of ether oxygens (including phenoxy) is 3. The summed E-state index contributed by atoms with van der Waals surface area (Å²) in [6.07, 6.45) is 6.16. The van der Waals surface area contributed by atoms with Crippen LogP contribution in [0.15, 0.2) is 66.4 Å². The molecular formula is C21H19NO4. The molecule has 1 fully saturated rings. The van der Waals surface area contributed by atoms with E-state index >= 15 is 0 Å². The normalized spacial score (nSPS) is 17.3. The molecule has 4 rings (SSSR count). The summed E-state index contributed by atoms with van der Waals surface area (Å²) in [6, 6.07) is 15.9. The van der Waals surface area contributed by atoms with Gasteiger partial charge in [0.1, 0.15) is 5.76 Å². The first-order chi connectivity index (χ1) is 12.8. The molecule has 2 aromatic carbocycles. The van der Waals surface area contributed by atoms with Gasteiger partial charge in [-0.1, -0.05) is 48.6 Å². The Morgan fingerprint density at radius 3 is 2.77 bits per heavy atom. The van der Waals surface area contributed by atoms with E-state index < -0.39 is 0 Å². The molecule has 0 spiro atoms. The molecule has 26 heavy (non-hydrogen) atoms. The van der Waals surface area contributed by atoms with Crippen LogP contribution in [0.5, 0.6) is 11.5 Å². The fourth-order valence-corrected chi connectivity index (χ4v) is 2.91. The van der Waals surface area contributed by atoms with Crippen molar-refractivity contribution in [3.8, 4) is 11.5 Å². The van der Waals surface area contributed by atoms with Crippen LogP contribution in [0.4, 0.5) is 4.79 Å². The minimum absolute atomic E-state index is 0.266. The Morgan fingerprint density at radius 1 is 1.04 bits per heavy atom. The first-order valence-electron chi connectivity index (χ1n) is 8.55. The molecule has 0 aromatic heterocycles. The molecular weight excluding hydrogens is 330 g/mol. The second kappa shape index (κ2) is 7.35. The zero-order valence-electron chi connectivity index (χ0n) is 14.3. The van der Waals surface area contributed by atoms with E-state index in [1.54, 1.807) is 4.90 Å². The van der Waals surface area contributed by atoms with Crippen molar-refractivity contribution in [2.45, 2.75) is 6.42 Å². The minimum Gasteiger partial charge on any atom is -0.454 e. The Bertz CT molecular complexity index is 858. The van der Waals surface area contributed by atoms with Crippen LogP contribution in [0.2, 0.25) is 0 Å². The highest BCUT2D eigenvalue weighted by atomic mass is 16.7. The largest absolute Gasteiger partial charge is 0.454 e. The Kier molecular flexibility index (Phi) is 4.60. The van der Waals surface area contributed by atoms with Crippen LogP contribution in [0, 0.1) is 0 Å². The topological polar surface area (TPSA) is 48.0 Å². The average molecular weight is 349 g/mol. The van der Waals surface area contributed by atoms with Gasteiger partial charge in [-0.3, -0.25) is 0 Å². The van der Waals surface area contributed by atoms with E-state index in [9.17, 15) is 4.79 Å². The van der Waals surface area contributed by atoms with E-state index in [1.807, 2.05) is 66.8 Å². The van der Waals surface area contributed by atoms with Crippen LogP contribution in [0.1, 0.15) is 11.1 Å². The van der Waals surface area contributed by atoms with Crippen LogP contribution in [0.3, 0.4) is 0 Å². The molecule has 2 aliphatic heterocycles. The van der Waals surface area contributed by atoms with Gasteiger partial charge in [0.25, 0.3) is 0 Å². The van der Waals surface area contributed by atoms with Crippen LogP contribution >= 0.6 is 0 Å². The van der Waals surface area contributed by atoms with Crippen molar-refractivity contribution in [1.29, 1.82) is 0 Å². The summed E-state index contributed by atoms with van der Waals surface area (Å²) < 4.78 is 16.0. The van der Waals surface area contributed by atoms with Gasteiger partial charge in [0.15, 0.2) is 11.5 Å². The molecule has 5 nitrogen and oxygen atoms in total. The lowest BCUT2D eigenvalue weighted by Gasteiger charge is -2.11. The van der Waals surface area contributed by atoms with E-state index in [0.717, 1.165) is 29.0 Å². The third-order valence-corrected chi connectivity index (χ3v) is 4.30. The third kappa shape index (κ3) is 3.72. The van der Waals surface area contributed by atoms with Crippen molar-refractivity contribution in [3.05, 3.63) is 77.6 Å². The predicted octanol–water partition coefficient (Wildman–Crippen LogP) is 4.01. The van der Waals surface area contributed by atoms with Gasteiger partial charge in [0, 0.05) is 6.54 Å². The van der Waals surface area contributed by atoms with Crippen molar-refractivity contribution in [2.24, 2.45) is 0 Å². The van der Waals surface area contributed by atoms with Gasteiger partial charge < -0.3 is 19.1 Å². The van der Waals surface area contributed by atoms with Gasteiger partial charge in [-0.05, 0) is 35.8 Å². The number of hydrogen-bond donors (Lipinski definition) is 0. The Morgan fingerprint density at radius 2 is 1.88 bits per heavy atom. The second-order valence-electron chi connectivity index (χ2n) is 6.13. The van der Waals surface area contributed by atoms with Gasteiger partial charge in [-0.15, -0.1) is 0 Å². The van der Waals surface area contributed by atoms with Crippen molar-refractivity contribution in [1.82, 2.24) is 4.90 Å². The van der Waals surface area contributed by atoms with Crippen molar-refractivity contribution in [3.63, 3.8) is 0 Å². The standard InChI is InChI=1S/C21H19NO4/c23-21-22(12-11-17-9-10-19-20(13-17)25-15-24-19)14-18(26-21)8-4-7-16-5-2-1-3-6-16/h1-10,13H,11-12,14-15H2. The van der Waals surface area contributed by atoms with E-state index in [0.29, 0.717) is 18.8 Å². The van der Waals surface area contributed by atoms with E-state index in [-0.39, 0.29) is 12.9 Å². The SMILES string of the molecule is O=C1OC(=CC=Cc2ccccc2)CN1CCc1ccc2c(c1)OCO2. The second-order valence-corrected chi connectivity index (χ2v) is 6.13. The summed E-state index contributed by atoms with van der Waals surface area (Å²) in [7, 11) is 0. The minimum atomic E-state index is -0.301. The van der Waals surface area contributed by atoms with Crippen molar-refractivity contribution >= 4 is 12.2 Å². The number of hydrogen-bond acceptors (Lipinski definition) is 4.